The van der Waals surface area contributed by atoms with Crippen molar-refractivity contribution < 1.29 is 19.2 Å². The minimum atomic E-state index is -0.891. The van der Waals surface area contributed by atoms with E-state index < -0.39 is 12.0 Å². The molecule has 3 atom stereocenters. The van der Waals surface area contributed by atoms with Gasteiger partial charge in [0, 0.05) is 24.9 Å². The highest BCUT2D eigenvalue weighted by Gasteiger charge is 2.49. The Labute approximate surface area is 170 Å². The van der Waals surface area contributed by atoms with Gasteiger partial charge in [-0.25, -0.2) is 4.79 Å². The molecular weight excluding hydrogens is 370 g/mol. The highest BCUT2D eigenvalue weighted by atomic mass is 16.5. The molecule has 1 aliphatic carbocycles. The predicted molar refractivity (Wildman–Crippen MR) is 106 cm³/mol. The van der Waals surface area contributed by atoms with Gasteiger partial charge in [0.25, 0.3) is 0 Å². The number of rotatable bonds is 6. The molecule has 7 nitrogen and oxygen atoms in total. The van der Waals surface area contributed by atoms with Crippen LogP contribution in [0.1, 0.15) is 56.9 Å². The number of carbonyl (C=O) groups excluding carboxylic acids is 1. The smallest absolute Gasteiger partial charge is 0.326 e. The highest BCUT2D eigenvalue weighted by molar-refractivity contribution is 5.84. The first kappa shape index (κ1) is 19.6. The minimum absolute atomic E-state index is 0.0975. The average Bonchev–Trinajstić information content (AvgIpc) is 3.41. The third-order valence-electron chi connectivity index (χ3n) is 6.32. The Morgan fingerprint density at radius 3 is 2.69 bits per heavy atom. The maximum Gasteiger partial charge on any atom is 0.326 e. The lowest BCUT2D eigenvalue weighted by Gasteiger charge is -2.24. The highest BCUT2D eigenvalue weighted by Crippen LogP contribution is 2.42. The first-order valence-electron chi connectivity index (χ1n) is 10.4. The monoisotopic (exact) mass is 397 g/mol. The van der Waals surface area contributed by atoms with Crippen LogP contribution in [0.15, 0.2) is 28.8 Å². The summed E-state index contributed by atoms with van der Waals surface area (Å²) in [4.78, 5) is 30.4. The summed E-state index contributed by atoms with van der Waals surface area (Å²) in [5.41, 5.74) is 2.11. The van der Waals surface area contributed by atoms with E-state index in [9.17, 15) is 14.7 Å². The zero-order chi connectivity index (χ0) is 20.5. The number of hydrogen-bond donors (Lipinski definition) is 1. The van der Waals surface area contributed by atoms with E-state index >= 15 is 0 Å². The number of aromatic nitrogens is 2. The number of nitrogens with zero attached hydrogens (tertiary/aromatic N) is 3. The second-order valence-electron chi connectivity index (χ2n) is 8.47. The topological polar surface area (TPSA) is 96.5 Å². The van der Waals surface area contributed by atoms with Crippen LogP contribution in [0, 0.1) is 11.8 Å². The lowest BCUT2D eigenvalue weighted by molar-refractivity contribution is -0.149. The molecule has 2 fully saturated rings. The molecule has 2 aromatic rings. The zero-order valence-corrected chi connectivity index (χ0v) is 16.9. The molecule has 0 bridgehead atoms. The van der Waals surface area contributed by atoms with Crippen LogP contribution in [0.2, 0.25) is 0 Å². The van der Waals surface area contributed by atoms with Crippen molar-refractivity contribution in [3.63, 3.8) is 0 Å². The number of benzene rings is 1. The first-order chi connectivity index (χ1) is 13.9. The van der Waals surface area contributed by atoms with Crippen molar-refractivity contribution in [1.29, 1.82) is 0 Å². The molecule has 1 amide bonds. The molecule has 2 heterocycles. The van der Waals surface area contributed by atoms with Crippen LogP contribution >= 0.6 is 0 Å². The normalized spacial score (nSPS) is 23.6. The summed E-state index contributed by atoms with van der Waals surface area (Å²) in [6.45, 7) is 4.83. The fourth-order valence-electron chi connectivity index (χ4n) is 4.73. The van der Waals surface area contributed by atoms with E-state index in [2.05, 4.69) is 36.1 Å². The van der Waals surface area contributed by atoms with Gasteiger partial charge >= 0.3 is 5.97 Å². The number of aliphatic carboxylic acids is 1. The SMILES string of the molecule is CC(C)c1ccc(-c2noc(CCC(=O)N3CC4CCCC4C3C(=O)O)n2)cc1. The molecule has 29 heavy (non-hydrogen) atoms. The summed E-state index contributed by atoms with van der Waals surface area (Å²) >= 11 is 0. The predicted octanol–water partition coefficient (Wildman–Crippen LogP) is 3.50. The summed E-state index contributed by atoms with van der Waals surface area (Å²) in [6.07, 6.45) is 3.46. The molecule has 0 radical (unpaired) electrons. The van der Waals surface area contributed by atoms with E-state index in [-0.39, 0.29) is 18.2 Å². The van der Waals surface area contributed by atoms with E-state index in [0.29, 0.717) is 36.5 Å². The van der Waals surface area contributed by atoms with Crippen LogP contribution in [-0.2, 0) is 16.0 Å². The molecule has 4 rings (SSSR count). The van der Waals surface area contributed by atoms with Crippen LogP contribution in [0.4, 0.5) is 0 Å². The van der Waals surface area contributed by atoms with Crippen molar-refractivity contribution in [2.45, 2.75) is 57.9 Å². The number of aryl methyl sites for hydroxylation is 1. The number of likely N-dealkylation sites (tertiary alicyclic amines) is 1. The fraction of sp³-hybridized carbons (Fsp3) is 0.545. The molecule has 1 N–H and O–H groups in total. The number of carbonyl (C=O) groups is 2. The molecule has 1 saturated carbocycles. The quantitative estimate of drug-likeness (QED) is 0.801. The Morgan fingerprint density at radius 1 is 1.24 bits per heavy atom. The molecular formula is C22H27N3O4. The summed E-state index contributed by atoms with van der Waals surface area (Å²) < 4.78 is 5.31. The number of fused-ring (bicyclic) bond motifs is 1. The van der Waals surface area contributed by atoms with Crippen molar-refractivity contribution in [3.8, 4) is 11.4 Å². The Balaban J connectivity index is 1.38. The third-order valence-corrected chi connectivity index (χ3v) is 6.32. The molecule has 3 unspecified atom stereocenters. The second kappa shape index (κ2) is 7.97. The number of carboxylic acid groups (broad SMARTS) is 1. The molecule has 2 aliphatic rings. The Kier molecular flexibility index (Phi) is 5.39. The van der Waals surface area contributed by atoms with Gasteiger partial charge in [-0.2, -0.15) is 4.98 Å². The molecule has 1 aromatic carbocycles. The second-order valence-corrected chi connectivity index (χ2v) is 8.47. The van der Waals surface area contributed by atoms with Crippen LogP contribution in [-0.4, -0.2) is 44.6 Å². The van der Waals surface area contributed by atoms with Crippen LogP contribution in [0.25, 0.3) is 11.4 Å². The van der Waals surface area contributed by atoms with Gasteiger partial charge in [-0.05, 0) is 36.2 Å². The summed E-state index contributed by atoms with van der Waals surface area (Å²) in [5, 5.41) is 13.6. The van der Waals surface area contributed by atoms with E-state index in [1.54, 1.807) is 4.90 Å². The van der Waals surface area contributed by atoms with Gasteiger partial charge in [-0.15, -0.1) is 0 Å². The maximum atomic E-state index is 12.7. The van der Waals surface area contributed by atoms with Crippen LogP contribution in [0.3, 0.4) is 0 Å². The average molecular weight is 397 g/mol. The number of carboxylic acids is 1. The van der Waals surface area contributed by atoms with Gasteiger partial charge < -0.3 is 14.5 Å². The lowest BCUT2D eigenvalue weighted by atomic mass is 9.94. The largest absolute Gasteiger partial charge is 0.480 e. The van der Waals surface area contributed by atoms with E-state index in [0.717, 1.165) is 24.8 Å². The summed E-state index contributed by atoms with van der Waals surface area (Å²) in [7, 11) is 0. The Bertz CT molecular complexity index is 890. The van der Waals surface area contributed by atoms with Crippen molar-refractivity contribution in [2.75, 3.05) is 6.54 Å². The van der Waals surface area contributed by atoms with Crippen molar-refractivity contribution in [3.05, 3.63) is 35.7 Å². The van der Waals surface area contributed by atoms with Crippen molar-refractivity contribution >= 4 is 11.9 Å². The summed E-state index contributed by atoms with van der Waals surface area (Å²) in [6, 6.07) is 7.35. The number of hydrogen-bond acceptors (Lipinski definition) is 5. The van der Waals surface area contributed by atoms with E-state index in [1.807, 2.05) is 12.1 Å². The fourth-order valence-corrected chi connectivity index (χ4v) is 4.73. The lowest BCUT2D eigenvalue weighted by Crippen LogP contribution is -2.43. The molecule has 1 saturated heterocycles. The minimum Gasteiger partial charge on any atom is -0.480 e. The molecule has 0 spiro atoms. The molecule has 7 heteroatoms. The zero-order valence-electron chi connectivity index (χ0n) is 16.9. The van der Waals surface area contributed by atoms with Gasteiger partial charge in [-0.1, -0.05) is 49.7 Å². The first-order valence-corrected chi connectivity index (χ1v) is 10.4. The summed E-state index contributed by atoms with van der Waals surface area (Å²) in [5.74, 6) is 0.736. The van der Waals surface area contributed by atoms with Crippen molar-refractivity contribution in [2.24, 2.45) is 11.8 Å². The van der Waals surface area contributed by atoms with Gasteiger partial charge in [0.2, 0.25) is 17.6 Å². The molecule has 1 aliphatic heterocycles. The van der Waals surface area contributed by atoms with Crippen molar-refractivity contribution in [1.82, 2.24) is 15.0 Å². The van der Waals surface area contributed by atoms with Gasteiger partial charge in [0.1, 0.15) is 6.04 Å². The van der Waals surface area contributed by atoms with Crippen LogP contribution < -0.4 is 0 Å². The van der Waals surface area contributed by atoms with Gasteiger partial charge in [-0.3, -0.25) is 4.79 Å². The Hall–Kier alpha value is -2.70. The van der Waals surface area contributed by atoms with Gasteiger partial charge in [0.05, 0.1) is 0 Å². The van der Waals surface area contributed by atoms with Crippen LogP contribution in [0.5, 0.6) is 0 Å². The number of amides is 1. The van der Waals surface area contributed by atoms with E-state index in [1.165, 1.54) is 5.56 Å². The molecule has 1 aromatic heterocycles. The Morgan fingerprint density at radius 2 is 2.00 bits per heavy atom. The molecule has 154 valence electrons. The maximum absolute atomic E-state index is 12.7. The third kappa shape index (κ3) is 3.91. The van der Waals surface area contributed by atoms with Gasteiger partial charge in [0.15, 0.2) is 0 Å². The van der Waals surface area contributed by atoms with E-state index in [4.69, 9.17) is 4.52 Å². The standard InChI is InChI=1S/C22H27N3O4/c1-13(2)14-6-8-15(9-7-14)21-23-18(29-24-21)10-11-19(26)25-12-16-4-3-5-17(16)20(25)22(27)28/h6-9,13,16-17,20H,3-5,10-12H2,1-2H3,(H,27,28).